The Labute approximate surface area is 104 Å². The van der Waals surface area contributed by atoms with E-state index in [1.54, 1.807) is 13.2 Å². The molecular weight excluding hydrogens is 247 g/mol. The second-order valence-electron chi connectivity index (χ2n) is 3.61. The molecule has 0 atom stereocenters. The van der Waals surface area contributed by atoms with Crippen molar-refractivity contribution >= 4 is 5.69 Å². The second-order valence-corrected chi connectivity index (χ2v) is 3.61. The zero-order valence-corrected chi connectivity index (χ0v) is 10.1. The quantitative estimate of drug-likeness (QED) is 0.767. The number of ether oxygens (including phenoxy) is 2. The van der Waals surface area contributed by atoms with Crippen molar-refractivity contribution in [3.05, 3.63) is 29.8 Å². The fourth-order valence-corrected chi connectivity index (χ4v) is 1.32. The van der Waals surface area contributed by atoms with Gasteiger partial charge in [0.1, 0.15) is 0 Å². The van der Waals surface area contributed by atoms with E-state index in [1.807, 2.05) is 0 Å². The van der Waals surface area contributed by atoms with E-state index in [2.05, 4.69) is 5.32 Å². The molecule has 0 aliphatic rings. The van der Waals surface area contributed by atoms with Gasteiger partial charge < -0.3 is 14.8 Å². The van der Waals surface area contributed by atoms with E-state index in [9.17, 15) is 13.2 Å². The van der Waals surface area contributed by atoms with E-state index < -0.39 is 11.7 Å². The standard InChI is InChI=1S/C12H16F3NO2/c1-17-7-8-18-6-5-16-11-4-2-3-10(9-11)12(13,14)15/h2-4,9,16H,5-8H2,1H3. The normalized spacial score (nSPS) is 11.6. The van der Waals surface area contributed by atoms with Gasteiger partial charge in [0.2, 0.25) is 0 Å². The molecule has 0 heterocycles. The fraction of sp³-hybridized carbons (Fsp3) is 0.500. The molecule has 1 aromatic rings. The van der Waals surface area contributed by atoms with Crippen molar-refractivity contribution in [3.63, 3.8) is 0 Å². The van der Waals surface area contributed by atoms with Crippen molar-refractivity contribution in [2.24, 2.45) is 0 Å². The van der Waals surface area contributed by atoms with Gasteiger partial charge in [0.15, 0.2) is 0 Å². The lowest BCUT2D eigenvalue weighted by atomic mass is 10.2. The first-order chi connectivity index (χ1) is 8.54. The van der Waals surface area contributed by atoms with Crippen molar-refractivity contribution < 1.29 is 22.6 Å². The van der Waals surface area contributed by atoms with E-state index in [-0.39, 0.29) is 0 Å². The second kappa shape index (κ2) is 7.23. The summed E-state index contributed by atoms with van der Waals surface area (Å²) in [5.74, 6) is 0. The average Bonchev–Trinajstić information content (AvgIpc) is 2.33. The molecule has 0 bridgehead atoms. The van der Waals surface area contributed by atoms with Crippen LogP contribution in [0.3, 0.4) is 0 Å². The summed E-state index contributed by atoms with van der Waals surface area (Å²) in [5, 5.41) is 2.87. The maximum atomic E-state index is 12.4. The first-order valence-electron chi connectivity index (χ1n) is 5.52. The molecule has 0 aromatic heterocycles. The highest BCUT2D eigenvalue weighted by Crippen LogP contribution is 2.30. The molecule has 1 N–H and O–H groups in total. The topological polar surface area (TPSA) is 30.5 Å². The summed E-state index contributed by atoms with van der Waals surface area (Å²) in [7, 11) is 1.57. The van der Waals surface area contributed by atoms with Gasteiger partial charge in [-0.15, -0.1) is 0 Å². The molecule has 0 saturated carbocycles. The van der Waals surface area contributed by atoms with Gasteiger partial charge >= 0.3 is 6.18 Å². The first-order valence-corrected chi connectivity index (χ1v) is 5.52. The van der Waals surface area contributed by atoms with Crippen LogP contribution in [0.15, 0.2) is 24.3 Å². The van der Waals surface area contributed by atoms with Crippen LogP contribution in [0.2, 0.25) is 0 Å². The van der Waals surface area contributed by atoms with Crippen molar-refractivity contribution in [1.82, 2.24) is 0 Å². The lowest BCUT2D eigenvalue weighted by Crippen LogP contribution is -2.12. The zero-order valence-electron chi connectivity index (χ0n) is 10.1. The van der Waals surface area contributed by atoms with Gasteiger partial charge in [-0.05, 0) is 18.2 Å². The van der Waals surface area contributed by atoms with Gasteiger partial charge in [-0.1, -0.05) is 6.07 Å². The molecule has 0 aliphatic heterocycles. The summed E-state index contributed by atoms with van der Waals surface area (Å²) in [6, 6.07) is 5.08. The van der Waals surface area contributed by atoms with Crippen LogP contribution in [0.5, 0.6) is 0 Å². The van der Waals surface area contributed by atoms with E-state index >= 15 is 0 Å². The minimum Gasteiger partial charge on any atom is -0.383 e. The number of hydrogen-bond donors (Lipinski definition) is 1. The van der Waals surface area contributed by atoms with Crippen molar-refractivity contribution in [3.8, 4) is 0 Å². The Balaban J connectivity index is 2.34. The average molecular weight is 263 g/mol. The van der Waals surface area contributed by atoms with Gasteiger partial charge in [0.25, 0.3) is 0 Å². The highest BCUT2D eigenvalue weighted by molar-refractivity contribution is 5.46. The minimum atomic E-state index is -4.31. The molecule has 0 fully saturated rings. The summed E-state index contributed by atoms with van der Waals surface area (Å²) < 4.78 is 47.3. The van der Waals surface area contributed by atoms with Gasteiger partial charge in [-0.2, -0.15) is 13.2 Å². The summed E-state index contributed by atoms with van der Waals surface area (Å²) in [4.78, 5) is 0. The van der Waals surface area contributed by atoms with Gasteiger partial charge in [0.05, 0.1) is 25.4 Å². The summed E-state index contributed by atoms with van der Waals surface area (Å²) >= 11 is 0. The summed E-state index contributed by atoms with van der Waals surface area (Å²) in [6.07, 6.45) is -4.31. The largest absolute Gasteiger partial charge is 0.416 e. The zero-order chi connectivity index (χ0) is 13.4. The third-order valence-corrected chi connectivity index (χ3v) is 2.20. The van der Waals surface area contributed by atoms with Crippen LogP contribution < -0.4 is 5.32 Å². The van der Waals surface area contributed by atoms with Crippen LogP contribution >= 0.6 is 0 Å². The minimum absolute atomic E-state index is 0.416. The van der Waals surface area contributed by atoms with E-state index in [0.29, 0.717) is 32.1 Å². The maximum Gasteiger partial charge on any atom is 0.416 e. The fourth-order valence-electron chi connectivity index (χ4n) is 1.32. The van der Waals surface area contributed by atoms with Crippen LogP contribution in [0.25, 0.3) is 0 Å². The van der Waals surface area contributed by atoms with Gasteiger partial charge in [-0.3, -0.25) is 0 Å². The molecule has 102 valence electrons. The van der Waals surface area contributed by atoms with Crippen LogP contribution in [-0.2, 0) is 15.7 Å². The highest BCUT2D eigenvalue weighted by Gasteiger charge is 2.30. The van der Waals surface area contributed by atoms with E-state index in [4.69, 9.17) is 9.47 Å². The Bertz CT molecular complexity index is 355. The Kier molecular flexibility index (Phi) is 5.94. The number of anilines is 1. The molecule has 0 aliphatic carbocycles. The third-order valence-electron chi connectivity index (χ3n) is 2.20. The van der Waals surface area contributed by atoms with E-state index in [1.165, 1.54) is 6.07 Å². The van der Waals surface area contributed by atoms with Gasteiger partial charge in [0, 0.05) is 19.3 Å². The summed E-state index contributed by atoms with van der Waals surface area (Å²) in [6.45, 7) is 1.84. The molecule has 0 amide bonds. The predicted molar refractivity (Wildman–Crippen MR) is 62.6 cm³/mol. The molecule has 0 saturated heterocycles. The smallest absolute Gasteiger partial charge is 0.383 e. The van der Waals surface area contributed by atoms with Crippen molar-refractivity contribution in [1.29, 1.82) is 0 Å². The Morgan fingerprint density at radius 2 is 1.94 bits per heavy atom. The molecule has 3 nitrogen and oxygen atoms in total. The molecular formula is C12H16F3NO2. The van der Waals surface area contributed by atoms with Crippen molar-refractivity contribution in [2.45, 2.75) is 6.18 Å². The van der Waals surface area contributed by atoms with E-state index in [0.717, 1.165) is 12.1 Å². The number of benzene rings is 1. The lowest BCUT2D eigenvalue weighted by molar-refractivity contribution is -0.137. The molecule has 6 heteroatoms. The number of nitrogens with one attached hydrogen (secondary N) is 1. The lowest BCUT2D eigenvalue weighted by Gasteiger charge is -2.10. The number of methoxy groups -OCH3 is 1. The number of alkyl halides is 3. The molecule has 0 spiro atoms. The Morgan fingerprint density at radius 1 is 1.17 bits per heavy atom. The highest BCUT2D eigenvalue weighted by atomic mass is 19.4. The predicted octanol–water partition coefficient (Wildman–Crippen LogP) is 2.78. The molecule has 0 unspecified atom stereocenters. The molecule has 0 radical (unpaired) electrons. The van der Waals surface area contributed by atoms with Gasteiger partial charge in [-0.25, -0.2) is 0 Å². The van der Waals surface area contributed by atoms with Crippen molar-refractivity contribution in [2.75, 3.05) is 38.8 Å². The SMILES string of the molecule is COCCOCCNc1cccc(C(F)(F)F)c1. The molecule has 1 rings (SSSR count). The monoisotopic (exact) mass is 263 g/mol. The Morgan fingerprint density at radius 3 is 2.61 bits per heavy atom. The number of rotatable bonds is 7. The molecule has 1 aromatic carbocycles. The number of halogens is 3. The first kappa shape index (κ1) is 14.8. The number of hydrogen-bond acceptors (Lipinski definition) is 3. The maximum absolute atomic E-state index is 12.4. The van der Waals surface area contributed by atoms with Crippen LogP contribution in [-0.4, -0.2) is 33.5 Å². The Hall–Kier alpha value is -1.27. The van der Waals surface area contributed by atoms with Crippen LogP contribution in [0.4, 0.5) is 18.9 Å². The third kappa shape index (κ3) is 5.37. The summed E-state index contributed by atoms with van der Waals surface area (Å²) in [5.41, 5.74) is -0.229. The van der Waals surface area contributed by atoms with Crippen LogP contribution in [0, 0.1) is 0 Å². The van der Waals surface area contributed by atoms with Crippen LogP contribution in [0.1, 0.15) is 5.56 Å². The molecule has 18 heavy (non-hydrogen) atoms.